The minimum atomic E-state index is -4.33. The number of sulfonamides is 1. The van der Waals surface area contributed by atoms with Crippen LogP contribution in [0.1, 0.15) is 40.7 Å². The first kappa shape index (κ1) is 28.0. The Bertz CT molecular complexity index is 1820. The standard InChI is InChI=1S/C29H32N4O8S2/c1-39-23-14-18(28(34)33-10-12-42(35,36)13-11-33)15-24(40-2)26(23)43(37,38)31-27-21-17-29(6-7-29)22-5-4-19(32-8-3-9-32)16-20(22)25(21)41-30-27/h4-5,14-16H,3,6-13,17H2,1-2H3,(H,30,31). The van der Waals surface area contributed by atoms with Crippen LogP contribution in [0.4, 0.5) is 11.5 Å². The fraction of sp³-hybridized carbons (Fsp3) is 0.448. The molecule has 3 heterocycles. The first-order valence-electron chi connectivity index (χ1n) is 14.2. The third-order valence-corrected chi connectivity index (χ3v) is 12.0. The summed E-state index contributed by atoms with van der Waals surface area (Å²) < 4.78 is 70.7. The first-order chi connectivity index (χ1) is 20.5. The van der Waals surface area contributed by atoms with Crippen LogP contribution in [-0.4, -0.2) is 84.7 Å². The molecule has 1 saturated carbocycles. The summed E-state index contributed by atoms with van der Waals surface area (Å²) in [6.45, 7) is 2.11. The molecule has 2 aliphatic carbocycles. The number of amides is 1. The summed E-state index contributed by atoms with van der Waals surface area (Å²) in [5, 5.41) is 4.17. The molecule has 3 aromatic rings. The van der Waals surface area contributed by atoms with Crippen LogP contribution in [0.5, 0.6) is 11.5 Å². The lowest BCUT2D eigenvalue weighted by Gasteiger charge is -2.34. The Morgan fingerprint density at radius 3 is 2.28 bits per heavy atom. The smallest absolute Gasteiger partial charge is 0.270 e. The molecular weight excluding hydrogens is 596 g/mol. The third kappa shape index (κ3) is 4.71. The molecule has 2 aromatic carbocycles. The van der Waals surface area contributed by atoms with Gasteiger partial charge in [0.1, 0.15) is 11.5 Å². The van der Waals surface area contributed by atoms with Crippen molar-refractivity contribution in [2.75, 3.05) is 61.5 Å². The van der Waals surface area contributed by atoms with Crippen LogP contribution in [0.3, 0.4) is 0 Å². The number of fused-ring (bicyclic) bond motifs is 4. The molecule has 0 bridgehead atoms. The van der Waals surface area contributed by atoms with E-state index in [9.17, 15) is 21.6 Å². The number of carbonyl (C=O) groups excluding carboxylic acids is 1. The molecule has 0 radical (unpaired) electrons. The van der Waals surface area contributed by atoms with Crippen molar-refractivity contribution in [1.82, 2.24) is 10.1 Å². The second kappa shape index (κ2) is 9.88. The molecule has 1 spiro atoms. The fourth-order valence-corrected chi connectivity index (χ4v) is 8.83. The Morgan fingerprint density at radius 1 is 1.02 bits per heavy atom. The maximum absolute atomic E-state index is 13.9. The van der Waals surface area contributed by atoms with Gasteiger partial charge in [-0.1, -0.05) is 11.2 Å². The zero-order valence-electron chi connectivity index (χ0n) is 23.9. The summed E-state index contributed by atoms with van der Waals surface area (Å²) in [4.78, 5) is 16.6. The van der Waals surface area contributed by atoms with Crippen molar-refractivity contribution in [2.45, 2.75) is 36.0 Å². The van der Waals surface area contributed by atoms with E-state index in [0.717, 1.165) is 43.6 Å². The van der Waals surface area contributed by atoms with Crippen LogP contribution < -0.4 is 19.1 Å². The number of nitrogens with one attached hydrogen (secondary N) is 1. The summed E-state index contributed by atoms with van der Waals surface area (Å²) in [7, 11) is -4.91. The van der Waals surface area contributed by atoms with Crippen LogP contribution in [0.15, 0.2) is 39.8 Å². The van der Waals surface area contributed by atoms with Gasteiger partial charge in [0, 0.05) is 54.0 Å². The van der Waals surface area contributed by atoms with Gasteiger partial charge < -0.3 is 23.8 Å². The Kier molecular flexibility index (Phi) is 6.43. The van der Waals surface area contributed by atoms with E-state index in [2.05, 4.69) is 33.0 Å². The van der Waals surface area contributed by atoms with Crippen molar-refractivity contribution in [3.8, 4) is 22.8 Å². The van der Waals surface area contributed by atoms with Crippen LogP contribution >= 0.6 is 0 Å². The van der Waals surface area contributed by atoms with Gasteiger partial charge in [-0.3, -0.25) is 9.52 Å². The fourth-order valence-electron chi connectivity index (χ4n) is 6.29. The molecule has 0 atom stereocenters. The van der Waals surface area contributed by atoms with Crippen molar-refractivity contribution in [2.24, 2.45) is 0 Å². The maximum atomic E-state index is 13.9. The SMILES string of the molecule is COc1cc(C(=O)N2CCS(=O)(=O)CC2)cc(OC)c1S(=O)(=O)Nc1noc2c1CC1(CC1)c1ccc(N3CCC3)cc1-2. The van der Waals surface area contributed by atoms with Crippen LogP contribution in [-0.2, 0) is 31.7 Å². The molecule has 228 valence electrons. The van der Waals surface area contributed by atoms with E-state index >= 15 is 0 Å². The molecule has 12 nitrogen and oxygen atoms in total. The summed E-state index contributed by atoms with van der Waals surface area (Å²) in [6, 6.07) is 9.10. The van der Waals surface area contributed by atoms with Crippen LogP contribution in [0, 0.1) is 0 Å². The Balaban J connectivity index is 1.22. The highest BCUT2D eigenvalue weighted by Crippen LogP contribution is 2.59. The van der Waals surface area contributed by atoms with E-state index in [1.54, 1.807) is 0 Å². The molecule has 4 aliphatic rings. The largest absolute Gasteiger partial charge is 0.495 e. The van der Waals surface area contributed by atoms with Crippen LogP contribution in [0.2, 0.25) is 0 Å². The summed E-state index contributed by atoms with van der Waals surface area (Å²) in [5.41, 5.74) is 4.04. The molecule has 0 unspecified atom stereocenters. The first-order valence-corrected chi connectivity index (χ1v) is 17.5. The molecule has 1 N–H and O–H groups in total. The van der Waals surface area contributed by atoms with Gasteiger partial charge >= 0.3 is 0 Å². The highest BCUT2D eigenvalue weighted by atomic mass is 32.2. The minimum absolute atomic E-state index is 0.0504. The normalized spacial score (nSPS) is 19.7. The Hall–Kier alpha value is -3.78. The van der Waals surface area contributed by atoms with Gasteiger partial charge in [0.05, 0.1) is 25.7 Å². The molecular formula is C29H32N4O8S2. The van der Waals surface area contributed by atoms with E-state index in [4.69, 9.17) is 14.0 Å². The number of anilines is 2. The Labute approximate surface area is 249 Å². The number of rotatable bonds is 7. The van der Waals surface area contributed by atoms with Crippen molar-refractivity contribution in [3.63, 3.8) is 0 Å². The minimum Gasteiger partial charge on any atom is -0.495 e. The molecule has 14 heteroatoms. The highest BCUT2D eigenvalue weighted by molar-refractivity contribution is 7.93. The van der Waals surface area contributed by atoms with E-state index in [-0.39, 0.29) is 57.8 Å². The van der Waals surface area contributed by atoms with E-state index < -0.39 is 25.8 Å². The number of hydrogen-bond acceptors (Lipinski definition) is 10. The molecule has 2 aliphatic heterocycles. The summed E-state index contributed by atoms with van der Waals surface area (Å²) in [6.07, 6.45) is 3.76. The molecule has 1 amide bonds. The molecule has 43 heavy (non-hydrogen) atoms. The van der Waals surface area contributed by atoms with E-state index in [0.29, 0.717) is 17.7 Å². The van der Waals surface area contributed by atoms with Crippen LogP contribution in [0.25, 0.3) is 11.3 Å². The average molecular weight is 629 g/mol. The number of nitrogens with zero attached hydrogens (tertiary/aromatic N) is 3. The van der Waals surface area contributed by atoms with E-state index in [1.807, 2.05) is 0 Å². The monoisotopic (exact) mass is 628 g/mol. The topological polar surface area (TPSA) is 148 Å². The maximum Gasteiger partial charge on any atom is 0.270 e. The predicted molar refractivity (Wildman–Crippen MR) is 158 cm³/mol. The van der Waals surface area contributed by atoms with Gasteiger partial charge in [0.25, 0.3) is 15.9 Å². The van der Waals surface area contributed by atoms with Gasteiger partial charge in [-0.15, -0.1) is 0 Å². The van der Waals surface area contributed by atoms with Crippen molar-refractivity contribution in [3.05, 3.63) is 47.0 Å². The number of methoxy groups -OCH3 is 2. The van der Waals surface area contributed by atoms with Gasteiger partial charge in [-0.2, -0.15) is 0 Å². The second-order valence-corrected chi connectivity index (χ2v) is 15.5. The number of hydrogen-bond donors (Lipinski definition) is 1. The average Bonchev–Trinajstić information content (AvgIpc) is 3.62. The third-order valence-electron chi connectivity index (χ3n) is 9.04. The van der Waals surface area contributed by atoms with Crippen molar-refractivity contribution >= 4 is 37.3 Å². The van der Waals surface area contributed by atoms with Gasteiger partial charge in [-0.05, 0) is 55.5 Å². The number of benzene rings is 2. The number of aromatic nitrogens is 1. The number of sulfone groups is 1. The highest BCUT2D eigenvalue weighted by Gasteiger charge is 2.51. The zero-order chi connectivity index (χ0) is 30.1. The molecule has 1 aromatic heterocycles. The lowest BCUT2D eigenvalue weighted by Crippen LogP contribution is -2.43. The van der Waals surface area contributed by atoms with Gasteiger partial charge in [-0.25, -0.2) is 16.8 Å². The zero-order valence-corrected chi connectivity index (χ0v) is 25.5. The van der Waals surface area contributed by atoms with Gasteiger partial charge in [0.15, 0.2) is 26.3 Å². The second-order valence-electron chi connectivity index (χ2n) is 11.6. The lowest BCUT2D eigenvalue weighted by molar-refractivity contribution is 0.0769. The van der Waals surface area contributed by atoms with E-state index in [1.165, 1.54) is 36.8 Å². The van der Waals surface area contributed by atoms with Crippen molar-refractivity contribution in [1.29, 1.82) is 0 Å². The molecule has 3 fully saturated rings. The summed E-state index contributed by atoms with van der Waals surface area (Å²) >= 11 is 0. The Morgan fingerprint density at radius 2 is 1.70 bits per heavy atom. The number of carbonyl (C=O) groups is 1. The molecule has 2 saturated heterocycles. The quantitative estimate of drug-likeness (QED) is 0.414. The predicted octanol–water partition coefficient (Wildman–Crippen LogP) is 2.83. The van der Waals surface area contributed by atoms with Crippen molar-refractivity contribution < 1.29 is 35.6 Å². The van der Waals surface area contributed by atoms with Gasteiger partial charge in [0.2, 0.25) is 0 Å². The summed E-state index contributed by atoms with van der Waals surface area (Å²) in [5.74, 6) is -0.218. The number of ether oxygens (including phenoxy) is 2. The lowest BCUT2D eigenvalue weighted by atomic mass is 9.79. The molecule has 7 rings (SSSR count).